The van der Waals surface area contributed by atoms with Gasteiger partial charge in [-0.2, -0.15) is 13.2 Å². The Morgan fingerprint density at radius 3 is 2.41 bits per heavy atom. The fraction of sp³-hybridized carbons (Fsp3) is 0.318. The Kier molecular flexibility index (Phi) is 6.15. The number of fused-ring (bicyclic) bond motifs is 1. The van der Waals surface area contributed by atoms with Gasteiger partial charge in [-0.25, -0.2) is 0 Å². The van der Waals surface area contributed by atoms with Crippen LogP contribution in [0.25, 0.3) is 22.1 Å². The first-order chi connectivity index (χ1) is 15.1. The van der Waals surface area contributed by atoms with E-state index in [0.717, 1.165) is 31.1 Å². The largest absolute Gasteiger partial charge is 0.507 e. The number of halogens is 5. The highest BCUT2D eigenvalue weighted by molar-refractivity contribution is 6.36. The molecule has 2 aromatic carbocycles. The maximum Gasteiger partial charge on any atom is 0.450 e. The van der Waals surface area contributed by atoms with Crippen LogP contribution in [0.15, 0.2) is 39.5 Å². The standard InChI is InChI=1S/C22H19Cl2F3N2O3/c1-28-6-8-29(9-7-28)11-15-17(30)5-4-14-19(31)18(13-3-2-12(23)10-16(13)24)21(22(25,26)27)32-20(14)15/h2-5,10,30H,6-9,11H2,1H3/p+2. The van der Waals surface area contributed by atoms with Gasteiger partial charge in [0.05, 0.1) is 28.6 Å². The van der Waals surface area contributed by atoms with Crippen LogP contribution in [-0.4, -0.2) is 38.3 Å². The highest BCUT2D eigenvalue weighted by Crippen LogP contribution is 2.41. The molecular formula is C22H21Cl2F3N2O3+2. The number of phenolic OH excluding ortho intramolecular Hbond substituents is 1. The van der Waals surface area contributed by atoms with E-state index in [9.17, 15) is 23.1 Å². The lowest BCUT2D eigenvalue weighted by Crippen LogP contribution is -3.26. The Balaban J connectivity index is 1.95. The summed E-state index contributed by atoms with van der Waals surface area (Å²) in [6.45, 7) is 3.63. The Bertz CT molecular complexity index is 1240. The molecule has 5 nitrogen and oxygen atoms in total. The van der Waals surface area contributed by atoms with Crippen molar-refractivity contribution in [1.82, 2.24) is 0 Å². The molecule has 10 heteroatoms. The molecule has 0 bridgehead atoms. The summed E-state index contributed by atoms with van der Waals surface area (Å²) in [7, 11) is 2.07. The minimum atomic E-state index is -4.96. The summed E-state index contributed by atoms with van der Waals surface area (Å²) in [4.78, 5) is 15.8. The smallest absolute Gasteiger partial charge is 0.450 e. The van der Waals surface area contributed by atoms with E-state index >= 15 is 0 Å². The van der Waals surface area contributed by atoms with Crippen LogP contribution in [0.1, 0.15) is 11.3 Å². The molecule has 0 spiro atoms. The maximum atomic E-state index is 14.0. The van der Waals surface area contributed by atoms with E-state index in [1.165, 1.54) is 35.2 Å². The van der Waals surface area contributed by atoms with Crippen molar-refractivity contribution < 1.29 is 32.5 Å². The van der Waals surface area contributed by atoms with Gasteiger partial charge >= 0.3 is 6.18 Å². The number of piperazine rings is 1. The third-order valence-electron chi connectivity index (χ3n) is 5.83. The third kappa shape index (κ3) is 4.32. The van der Waals surface area contributed by atoms with Crippen LogP contribution in [0.3, 0.4) is 0 Å². The van der Waals surface area contributed by atoms with Gasteiger partial charge in [-0.05, 0) is 24.3 Å². The van der Waals surface area contributed by atoms with Crippen molar-refractivity contribution in [3.63, 3.8) is 0 Å². The fourth-order valence-corrected chi connectivity index (χ4v) is 4.57. The fourth-order valence-electron chi connectivity index (χ4n) is 4.07. The van der Waals surface area contributed by atoms with Crippen molar-refractivity contribution in [2.75, 3.05) is 33.2 Å². The van der Waals surface area contributed by atoms with E-state index in [4.69, 9.17) is 27.6 Å². The molecule has 0 amide bonds. The number of hydrogen-bond acceptors (Lipinski definition) is 3. The van der Waals surface area contributed by atoms with Gasteiger partial charge in [-0.3, -0.25) is 4.79 Å². The van der Waals surface area contributed by atoms with E-state index in [0.29, 0.717) is 0 Å². The van der Waals surface area contributed by atoms with Crippen molar-refractivity contribution in [2.24, 2.45) is 0 Å². The number of quaternary nitrogens is 2. The Labute approximate surface area is 191 Å². The van der Waals surface area contributed by atoms with Gasteiger partial charge in [0.2, 0.25) is 11.2 Å². The average Bonchev–Trinajstić information content (AvgIpc) is 2.71. The lowest BCUT2D eigenvalue weighted by molar-refractivity contribution is -1.01. The Morgan fingerprint density at radius 2 is 1.78 bits per heavy atom. The summed E-state index contributed by atoms with van der Waals surface area (Å²) < 4.78 is 47.4. The van der Waals surface area contributed by atoms with E-state index in [-0.39, 0.29) is 44.4 Å². The van der Waals surface area contributed by atoms with Gasteiger partial charge in [0.15, 0.2) is 5.58 Å². The zero-order valence-electron chi connectivity index (χ0n) is 17.1. The molecule has 4 rings (SSSR count). The molecule has 3 aromatic rings. The monoisotopic (exact) mass is 488 g/mol. The molecular weight excluding hydrogens is 468 g/mol. The van der Waals surface area contributed by atoms with Crippen molar-refractivity contribution >= 4 is 34.2 Å². The maximum absolute atomic E-state index is 14.0. The van der Waals surface area contributed by atoms with E-state index in [2.05, 4.69) is 7.05 Å². The van der Waals surface area contributed by atoms with E-state index in [1.54, 1.807) is 0 Å². The zero-order chi connectivity index (χ0) is 23.2. The highest BCUT2D eigenvalue weighted by Gasteiger charge is 2.40. The number of hydrogen-bond donors (Lipinski definition) is 3. The normalized spacial score (nSPS) is 19.4. The van der Waals surface area contributed by atoms with Crippen molar-refractivity contribution in [1.29, 1.82) is 0 Å². The number of rotatable bonds is 3. The second-order valence-corrected chi connectivity index (χ2v) is 8.92. The molecule has 1 saturated heterocycles. The first kappa shape index (κ1) is 22.9. The van der Waals surface area contributed by atoms with Gasteiger partial charge in [0.1, 0.15) is 38.5 Å². The second-order valence-electron chi connectivity index (χ2n) is 8.08. The molecule has 0 radical (unpaired) electrons. The van der Waals surface area contributed by atoms with Gasteiger partial charge in [-0.15, -0.1) is 0 Å². The molecule has 170 valence electrons. The van der Waals surface area contributed by atoms with Crippen LogP contribution < -0.4 is 15.2 Å². The Morgan fingerprint density at radius 1 is 1.09 bits per heavy atom. The van der Waals surface area contributed by atoms with Crippen LogP contribution >= 0.6 is 23.2 Å². The first-order valence-electron chi connectivity index (χ1n) is 10.1. The molecule has 2 heterocycles. The second kappa shape index (κ2) is 8.59. The summed E-state index contributed by atoms with van der Waals surface area (Å²) in [6.07, 6.45) is -4.96. The molecule has 0 aliphatic carbocycles. The summed E-state index contributed by atoms with van der Waals surface area (Å²) in [6, 6.07) is 6.47. The van der Waals surface area contributed by atoms with Gasteiger partial charge in [-0.1, -0.05) is 29.3 Å². The Hall–Kier alpha value is -2.26. The number of alkyl halides is 3. The number of nitrogens with one attached hydrogen (secondary N) is 2. The molecule has 1 aliphatic heterocycles. The summed E-state index contributed by atoms with van der Waals surface area (Å²) in [5.74, 6) is -1.66. The van der Waals surface area contributed by atoms with Crippen LogP contribution in [0.4, 0.5) is 13.2 Å². The van der Waals surface area contributed by atoms with Gasteiger partial charge in [0.25, 0.3) is 0 Å². The highest BCUT2D eigenvalue weighted by atomic mass is 35.5. The number of benzene rings is 2. The summed E-state index contributed by atoms with van der Waals surface area (Å²) in [5.41, 5.74) is -1.75. The summed E-state index contributed by atoms with van der Waals surface area (Å²) >= 11 is 12.0. The molecule has 1 aliphatic rings. The molecule has 0 saturated carbocycles. The van der Waals surface area contributed by atoms with Crippen LogP contribution in [0.2, 0.25) is 10.0 Å². The lowest BCUT2D eigenvalue weighted by Gasteiger charge is -2.27. The van der Waals surface area contributed by atoms with Crippen LogP contribution in [0.5, 0.6) is 5.75 Å². The van der Waals surface area contributed by atoms with Crippen molar-refractivity contribution in [2.45, 2.75) is 12.7 Å². The minimum absolute atomic E-state index is 0.0500. The SMILES string of the molecule is C[NH+]1CC[NH+](Cc2c(O)ccc3c(=O)c(-c4ccc(Cl)cc4Cl)c(C(F)(F)F)oc23)CC1. The van der Waals surface area contributed by atoms with Crippen LogP contribution in [-0.2, 0) is 12.7 Å². The van der Waals surface area contributed by atoms with Gasteiger partial charge in [0, 0.05) is 10.6 Å². The van der Waals surface area contributed by atoms with E-state index in [1.807, 2.05) is 0 Å². The van der Waals surface area contributed by atoms with Crippen molar-refractivity contribution in [3.05, 3.63) is 61.9 Å². The topological polar surface area (TPSA) is 59.3 Å². The molecule has 0 atom stereocenters. The van der Waals surface area contributed by atoms with Gasteiger partial charge < -0.3 is 19.3 Å². The first-order valence-corrected chi connectivity index (χ1v) is 10.8. The van der Waals surface area contributed by atoms with Crippen molar-refractivity contribution in [3.8, 4) is 16.9 Å². The number of phenols is 1. The van der Waals surface area contributed by atoms with Crippen LogP contribution in [0, 0.1) is 0 Å². The number of likely N-dealkylation sites (N-methyl/N-ethyl adjacent to an activating group) is 1. The molecule has 0 unspecified atom stereocenters. The third-order valence-corrected chi connectivity index (χ3v) is 6.38. The summed E-state index contributed by atoms with van der Waals surface area (Å²) in [5, 5.41) is 10.5. The molecule has 32 heavy (non-hydrogen) atoms. The predicted octanol–water partition coefficient (Wildman–Crippen LogP) is 2.40. The molecule has 3 N–H and O–H groups in total. The lowest BCUT2D eigenvalue weighted by atomic mass is 10.00. The molecule has 1 fully saturated rings. The number of aromatic hydroxyl groups is 1. The van der Waals surface area contributed by atoms with E-state index < -0.39 is 22.9 Å². The molecule has 1 aromatic heterocycles. The zero-order valence-corrected chi connectivity index (χ0v) is 18.6. The average molecular weight is 489 g/mol. The minimum Gasteiger partial charge on any atom is -0.507 e. The quantitative estimate of drug-likeness (QED) is 0.530. The predicted molar refractivity (Wildman–Crippen MR) is 116 cm³/mol.